The lowest BCUT2D eigenvalue weighted by molar-refractivity contribution is -0.136. The van der Waals surface area contributed by atoms with Crippen LogP contribution in [0.4, 0.5) is 0 Å². The Morgan fingerprint density at radius 2 is 1.34 bits per heavy atom. The second-order valence-corrected chi connectivity index (χ2v) is 8.56. The molecule has 0 heterocycles. The molecule has 35 heavy (non-hydrogen) atoms. The summed E-state index contributed by atoms with van der Waals surface area (Å²) in [6, 6.07) is 39.2. The molecule has 0 saturated heterocycles. The summed E-state index contributed by atoms with van der Waals surface area (Å²) in [5.41, 5.74) is 6.58. The summed E-state index contributed by atoms with van der Waals surface area (Å²) in [7, 11) is 0. The summed E-state index contributed by atoms with van der Waals surface area (Å²) in [4.78, 5) is 11.1. The topological polar surface area (TPSA) is 46.5 Å². The largest absolute Gasteiger partial charge is 0.488 e. The molecule has 3 nitrogen and oxygen atoms in total. The molecule has 0 aromatic heterocycles. The Kier molecular flexibility index (Phi) is 6.58. The Labute approximate surface area is 205 Å². The van der Waals surface area contributed by atoms with E-state index < -0.39 is 5.97 Å². The highest BCUT2D eigenvalue weighted by atomic mass is 16.5. The molecule has 0 spiro atoms. The van der Waals surface area contributed by atoms with Crippen molar-refractivity contribution in [3.05, 3.63) is 126 Å². The lowest BCUT2D eigenvalue weighted by atomic mass is 9.92. The smallest absolute Gasteiger partial charge is 0.303 e. The average Bonchev–Trinajstić information content (AvgIpc) is 2.91. The molecule has 0 radical (unpaired) electrons. The van der Waals surface area contributed by atoms with E-state index in [1.165, 1.54) is 0 Å². The standard InChI is InChI=1S/C32H26O3/c33-32(34)20-17-24-11-4-5-14-27(24)25-12-8-13-26(21-25)28-18-19-31(30-16-7-6-15-29(28)30)35-22-23-9-2-1-3-10-23/h1-16,18-19,21H,17,20,22H2,(H,33,34). The Morgan fingerprint density at radius 3 is 2.14 bits per heavy atom. The number of hydrogen-bond donors (Lipinski definition) is 1. The minimum Gasteiger partial charge on any atom is -0.488 e. The third-order valence-corrected chi connectivity index (χ3v) is 6.23. The number of carboxylic acid groups (broad SMARTS) is 1. The van der Waals surface area contributed by atoms with E-state index in [0.29, 0.717) is 13.0 Å². The first-order valence-electron chi connectivity index (χ1n) is 11.8. The highest BCUT2D eigenvalue weighted by molar-refractivity contribution is 6.00. The molecule has 5 rings (SSSR count). The first kappa shape index (κ1) is 22.4. The van der Waals surface area contributed by atoms with Crippen LogP contribution in [0.15, 0.2) is 115 Å². The van der Waals surface area contributed by atoms with Crippen molar-refractivity contribution < 1.29 is 14.6 Å². The molecule has 0 aliphatic rings. The monoisotopic (exact) mass is 458 g/mol. The van der Waals surface area contributed by atoms with Gasteiger partial charge in [0, 0.05) is 11.8 Å². The summed E-state index contributed by atoms with van der Waals surface area (Å²) in [5.74, 6) is 0.0815. The van der Waals surface area contributed by atoms with Gasteiger partial charge in [0.2, 0.25) is 0 Å². The van der Waals surface area contributed by atoms with Crippen LogP contribution in [-0.2, 0) is 17.8 Å². The number of ether oxygens (including phenoxy) is 1. The third kappa shape index (κ3) is 5.10. The van der Waals surface area contributed by atoms with Crippen molar-refractivity contribution in [2.45, 2.75) is 19.4 Å². The van der Waals surface area contributed by atoms with Crippen molar-refractivity contribution in [2.75, 3.05) is 0 Å². The van der Waals surface area contributed by atoms with E-state index in [9.17, 15) is 4.79 Å². The molecule has 5 aromatic carbocycles. The van der Waals surface area contributed by atoms with Crippen LogP contribution in [0.3, 0.4) is 0 Å². The van der Waals surface area contributed by atoms with Gasteiger partial charge in [0.15, 0.2) is 0 Å². The molecule has 0 saturated carbocycles. The molecule has 0 fully saturated rings. The number of carbonyl (C=O) groups is 1. The van der Waals surface area contributed by atoms with Crippen molar-refractivity contribution in [1.82, 2.24) is 0 Å². The van der Waals surface area contributed by atoms with Gasteiger partial charge in [-0.1, -0.05) is 103 Å². The molecule has 0 bridgehead atoms. The molecule has 0 unspecified atom stereocenters. The van der Waals surface area contributed by atoms with E-state index >= 15 is 0 Å². The molecular formula is C32H26O3. The van der Waals surface area contributed by atoms with Crippen molar-refractivity contribution in [1.29, 1.82) is 0 Å². The lowest BCUT2D eigenvalue weighted by Gasteiger charge is -2.14. The highest BCUT2D eigenvalue weighted by Gasteiger charge is 2.12. The van der Waals surface area contributed by atoms with Crippen molar-refractivity contribution in [2.24, 2.45) is 0 Å². The van der Waals surface area contributed by atoms with Gasteiger partial charge in [0.1, 0.15) is 12.4 Å². The summed E-state index contributed by atoms with van der Waals surface area (Å²) in [5, 5.41) is 11.4. The zero-order valence-corrected chi connectivity index (χ0v) is 19.4. The fourth-order valence-corrected chi connectivity index (χ4v) is 4.50. The third-order valence-electron chi connectivity index (χ3n) is 6.23. The van der Waals surface area contributed by atoms with E-state index in [1.807, 2.05) is 48.5 Å². The van der Waals surface area contributed by atoms with E-state index in [0.717, 1.165) is 49.9 Å². The second-order valence-electron chi connectivity index (χ2n) is 8.56. The van der Waals surface area contributed by atoms with Crippen LogP contribution in [0.2, 0.25) is 0 Å². The van der Waals surface area contributed by atoms with E-state index in [2.05, 4.69) is 66.7 Å². The Hall–Kier alpha value is -4.37. The van der Waals surface area contributed by atoms with Gasteiger partial charge in [-0.3, -0.25) is 4.79 Å². The fraction of sp³-hybridized carbons (Fsp3) is 0.0938. The van der Waals surface area contributed by atoms with Crippen LogP contribution < -0.4 is 4.74 Å². The van der Waals surface area contributed by atoms with Crippen molar-refractivity contribution >= 4 is 16.7 Å². The highest BCUT2D eigenvalue weighted by Crippen LogP contribution is 2.36. The maximum atomic E-state index is 11.1. The summed E-state index contributed by atoms with van der Waals surface area (Å²) < 4.78 is 6.20. The molecule has 1 N–H and O–H groups in total. The number of aryl methyl sites for hydroxylation is 1. The van der Waals surface area contributed by atoms with Gasteiger partial charge in [-0.2, -0.15) is 0 Å². The van der Waals surface area contributed by atoms with E-state index in [-0.39, 0.29) is 6.42 Å². The SMILES string of the molecule is O=C(O)CCc1ccccc1-c1cccc(-c2ccc(OCc3ccccc3)c3ccccc23)c1. The van der Waals surface area contributed by atoms with Crippen LogP contribution in [0.5, 0.6) is 5.75 Å². The fourth-order valence-electron chi connectivity index (χ4n) is 4.50. The zero-order chi connectivity index (χ0) is 24.0. The predicted molar refractivity (Wildman–Crippen MR) is 142 cm³/mol. The summed E-state index contributed by atoms with van der Waals surface area (Å²) >= 11 is 0. The number of rotatable bonds is 8. The average molecular weight is 459 g/mol. The molecule has 5 aromatic rings. The van der Waals surface area contributed by atoms with Crippen LogP contribution in [-0.4, -0.2) is 11.1 Å². The molecule has 0 amide bonds. The van der Waals surface area contributed by atoms with Gasteiger partial charge in [-0.05, 0) is 57.3 Å². The summed E-state index contributed by atoms with van der Waals surface area (Å²) in [6.07, 6.45) is 0.623. The van der Waals surface area contributed by atoms with Crippen molar-refractivity contribution in [3.63, 3.8) is 0 Å². The lowest BCUT2D eigenvalue weighted by Crippen LogP contribution is -1.99. The van der Waals surface area contributed by atoms with E-state index in [4.69, 9.17) is 9.84 Å². The van der Waals surface area contributed by atoms with Crippen LogP contribution in [0.25, 0.3) is 33.0 Å². The van der Waals surface area contributed by atoms with Gasteiger partial charge in [-0.15, -0.1) is 0 Å². The maximum absolute atomic E-state index is 11.1. The maximum Gasteiger partial charge on any atom is 0.303 e. The first-order chi connectivity index (χ1) is 17.2. The second kappa shape index (κ2) is 10.3. The number of carboxylic acids is 1. The number of aliphatic carboxylic acids is 1. The van der Waals surface area contributed by atoms with Crippen LogP contribution in [0, 0.1) is 0 Å². The number of hydrogen-bond acceptors (Lipinski definition) is 2. The van der Waals surface area contributed by atoms with Gasteiger partial charge in [0.05, 0.1) is 0 Å². The Balaban J connectivity index is 1.50. The molecule has 0 aliphatic heterocycles. The van der Waals surface area contributed by atoms with Gasteiger partial charge in [-0.25, -0.2) is 0 Å². The van der Waals surface area contributed by atoms with E-state index in [1.54, 1.807) is 0 Å². The Bertz CT molecular complexity index is 1470. The molecule has 172 valence electrons. The summed E-state index contributed by atoms with van der Waals surface area (Å²) in [6.45, 7) is 0.521. The normalized spacial score (nSPS) is 10.9. The van der Waals surface area contributed by atoms with Gasteiger partial charge < -0.3 is 9.84 Å². The number of benzene rings is 5. The van der Waals surface area contributed by atoms with Crippen molar-refractivity contribution in [3.8, 4) is 28.0 Å². The van der Waals surface area contributed by atoms with Gasteiger partial charge >= 0.3 is 5.97 Å². The molecule has 0 atom stereocenters. The zero-order valence-electron chi connectivity index (χ0n) is 19.4. The minimum absolute atomic E-state index is 0.117. The quantitative estimate of drug-likeness (QED) is 0.258. The number of fused-ring (bicyclic) bond motifs is 1. The molecule has 3 heteroatoms. The van der Waals surface area contributed by atoms with Crippen LogP contribution in [0.1, 0.15) is 17.5 Å². The molecule has 0 aliphatic carbocycles. The minimum atomic E-state index is -0.783. The van der Waals surface area contributed by atoms with Crippen LogP contribution >= 0.6 is 0 Å². The molecular weight excluding hydrogens is 432 g/mol. The first-order valence-corrected chi connectivity index (χ1v) is 11.8. The Morgan fingerprint density at radius 1 is 0.657 bits per heavy atom. The predicted octanol–water partition coefficient (Wildman–Crippen LogP) is 7.77. The van der Waals surface area contributed by atoms with Gasteiger partial charge in [0.25, 0.3) is 0 Å².